The average Bonchev–Trinajstić information content (AvgIpc) is 3.03. The molecule has 2 N–H and O–H groups in total. The van der Waals surface area contributed by atoms with Crippen molar-refractivity contribution in [3.8, 4) is 11.1 Å². The van der Waals surface area contributed by atoms with E-state index in [0.717, 1.165) is 41.3 Å². The first-order valence-electron chi connectivity index (χ1n) is 9.22. The van der Waals surface area contributed by atoms with Gasteiger partial charge in [0.2, 0.25) is 10.0 Å². The van der Waals surface area contributed by atoms with Gasteiger partial charge < -0.3 is 9.73 Å². The third kappa shape index (κ3) is 4.42. The minimum atomic E-state index is -3.27. The van der Waals surface area contributed by atoms with Crippen LogP contribution in [-0.2, 0) is 10.0 Å². The van der Waals surface area contributed by atoms with E-state index in [1.165, 1.54) is 19.3 Å². The number of fused-ring (bicyclic) bond motifs is 1. The van der Waals surface area contributed by atoms with E-state index >= 15 is 0 Å². The SMILES string of the molecule is CS(=O)(=O)Nc1ccc(-c2ccc3oc(NC4CCCCC4)nc3c2)cc1. The number of aromatic nitrogens is 1. The predicted molar refractivity (Wildman–Crippen MR) is 108 cm³/mol. The lowest BCUT2D eigenvalue weighted by Crippen LogP contribution is -2.22. The summed E-state index contributed by atoms with van der Waals surface area (Å²) >= 11 is 0. The van der Waals surface area contributed by atoms with Crippen LogP contribution in [0.25, 0.3) is 22.2 Å². The van der Waals surface area contributed by atoms with Gasteiger partial charge >= 0.3 is 0 Å². The lowest BCUT2D eigenvalue weighted by Gasteiger charge is -2.21. The second-order valence-electron chi connectivity index (χ2n) is 7.13. The number of rotatable bonds is 5. The number of nitrogens with one attached hydrogen (secondary N) is 2. The smallest absolute Gasteiger partial charge is 0.295 e. The Morgan fingerprint density at radius 3 is 2.41 bits per heavy atom. The Hall–Kier alpha value is -2.54. The summed E-state index contributed by atoms with van der Waals surface area (Å²) < 4.78 is 30.9. The molecule has 1 fully saturated rings. The summed E-state index contributed by atoms with van der Waals surface area (Å²) in [6.07, 6.45) is 7.29. The van der Waals surface area contributed by atoms with Gasteiger partial charge in [-0.05, 0) is 48.2 Å². The molecule has 0 amide bonds. The summed E-state index contributed by atoms with van der Waals surface area (Å²) in [5.41, 5.74) is 4.10. The number of sulfonamides is 1. The zero-order valence-corrected chi connectivity index (χ0v) is 16.1. The van der Waals surface area contributed by atoms with Gasteiger partial charge in [-0.1, -0.05) is 37.5 Å². The summed E-state index contributed by atoms with van der Waals surface area (Å²) in [6.45, 7) is 0. The van der Waals surface area contributed by atoms with Gasteiger partial charge in [-0.15, -0.1) is 0 Å². The van der Waals surface area contributed by atoms with Crippen molar-refractivity contribution in [2.24, 2.45) is 0 Å². The van der Waals surface area contributed by atoms with Crippen LogP contribution in [0.1, 0.15) is 32.1 Å². The Labute approximate surface area is 159 Å². The molecule has 1 heterocycles. The largest absolute Gasteiger partial charge is 0.424 e. The van der Waals surface area contributed by atoms with Crippen LogP contribution in [0.2, 0.25) is 0 Å². The van der Waals surface area contributed by atoms with Gasteiger partial charge in [0.15, 0.2) is 5.58 Å². The quantitative estimate of drug-likeness (QED) is 0.670. The zero-order valence-electron chi connectivity index (χ0n) is 15.2. The van der Waals surface area contributed by atoms with Crippen molar-refractivity contribution < 1.29 is 12.8 Å². The van der Waals surface area contributed by atoms with Gasteiger partial charge in [0.25, 0.3) is 6.01 Å². The van der Waals surface area contributed by atoms with Crippen molar-refractivity contribution in [1.29, 1.82) is 0 Å². The van der Waals surface area contributed by atoms with Crippen LogP contribution in [0.4, 0.5) is 11.7 Å². The van der Waals surface area contributed by atoms with Crippen molar-refractivity contribution in [2.45, 2.75) is 38.1 Å². The molecule has 1 aliphatic rings. The second kappa shape index (κ2) is 7.23. The number of oxazole rings is 1. The molecule has 0 radical (unpaired) electrons. The van der Waals surface area contributed by atoms with E-state index < -0.39 is 10.0 Å². The van der Waals surface area contributed by atoms with Crippen molar-refractivity contribution in [2.75, 3.05) is 16.3 Å². The van der Waals surface area contributed by atoms with Gasteiger partial charge in [0, 0.05) is 11.7 Å². The molecule has 0 atom stereocenters. The molecule has 7 heteroatoms. The lowest BCUT2D eigenvalue weighted by atomic mass is 9.96. The molecule has 6 nitrogen and oxygen atoms in total. The number of hydrogen-bond acceptors (Lipinski definition) is 5. The molecule has 3 aromatic rings. The highest BCUT2D eigenvalue weighted by atomic mass is 32.2. The number of nitrogens with zero attached hydrogens (tertiary/aromatic N) is 1. The van der Waals surface area contributed by atoms with Crippen LogP contribution in [0.15, 0.2) is 46.9 Å². The summed E-state index contributed by atoms with van der Waals surface area (Å²) in [6, 6.07) is 14.2. The molecule has 0 bridgehead atoms. The summed E-state index contributed by atoms with van der Waals surface area (Å²) in [4.78, 5) is 4.59. The maximum absolute atomic E-state index is 11.3. The van der Waals surface area contributed by atoms with Gasteiger partial charge in [0.1, 0.15) is 5.52 Å². The fourth-order valence-corrected chi connectivity index (χ4v) is 4.10. The van der Waals surface area contributed by atoms with Crippen LogP contribution in [0.5, 0.6) is 0 Å². The van der Waals surface area contributed by atoms with Crippen molar-refractivity contribution in [3.05, 3.63) is 42.5 Å². The number of benzene rings is 2. The Bertz CT molecular complexity index is 1040. The Kier molecular flexibility index (Phi) is 4.78. The maximum atomic E-state index is 11.3. The minimum absolute atomic E-state index is 0.446. The fourth-order valence-electron chi connectivity index (χ4n) is 3.54. The lowest BCUT2D eigenvalue weighted by molar-refractivity contribution is 0.451. The molecule has 1 saturated carbocycles. The molecule has 142 valence electrons. The third-order valence-corrected chi connectivity index (χ3v) is 5.45. The van der Waals surface area contributed by atoms with Gasteiger partial charge in [-0.2, -0.15) is 4.98 Å². The van der Waals surface area contributed by atoms with Crippen LogP contribution < -0.4 is 10.0 Å². The molecule has 0 aliphatic heterocycles. The zero-order chi connectivity index (χ0) is 18.9. The van der Waals surface area contributed by atoms with Crippen molar-refractivity contribution >= 4 is 32.8 Å². The van der Waals surface area contributed by atoms with E-state index in [-0.39, 0.29) is 0 Å². The first-order valence-corrected chi connectivity index (χ1v) is 11.1. The molecule has 2 aromatic carbocycles. The first kappa shape index (κ1) is 17.9. The Balaban J connectivity index is 1.54. The van der Waals surface area contributed by atoms with Gasteiger partial charge in [0.05, 0.1) is 6.26 Å². The first-order chi connectivity index (χ1) is 13.0. The monoisotopic (exact) mass is 385 g/mol. The average molecular weight is 385 g/mol. The molecule has 0 spiro atoms. The fraction of sp³-hybridized carbons (Fsp3) is 0.350. The van der Waals surface area contributed by atoms with Gasteiger partial charge in [-0.25, -0.2) is 8.42 Å². The van der Waals surface area contributed by atoms with E-state index in [9.17, 15) is 8.42 Å². The summed E-state index contributed by atoms with van der Waals surface area (Å²) in [5.74, 6) is 0. The minimum Gasteiger partial charge on any atom is -0.424 e. The van der Waals surface area contributed by atoms with E-state index in [1.807, 2.05) is 30.3 Å². The maximum Gasteiger partial charge on any atom is 0.295 e. The summed E-state index contributed by atoms with van der Waals surface area (Å²) in [7, 11) is -3.27. The molecule has 1 aliphatic carbocycles. The molecular weight excluding hydrogens is 362 g/mol. The van der Waals surface area contributed by atoms with Gasteiger partial charge in [-0.3, -0.25) is 4.72 Å². The molecule has 27 heavy (non-hydrogen) atoms. The third-order valence-electron chi connectivity index (χ3n) is 4.84. The number of hydrogen-bond donors (Lipinski definition) is 2. The normalized spacial score (nSPS) is 15.7. The van der Waals surface area contributed by atoms with Crippen LogP contribution in [-0.4, -0.2) is 25.7 Å². The Morgan fingerprint density at radius 1 is 1.00 bits per heavy atom. The number of anilines is 2. The topological polar surface area (TPSA) is 84.2 Å². The molecule has 0 unspecified atom stereocenters. The second-order valence-corrected chi connectivity index (χ2v) is 8.88. The Morgan fingerprint density at radius 2 is 1.70 bits per heavy atom. The van der Waals surface area contributed by atoms with E-state index in [4.69, 9.17) is 4.42 Å². The van der Waals surface area contributed by atoms with Crippen molar-refractivity contribution in [3.63, 3.8) is 0 Å². The highest BCUT2D eigenvalue weighted by molar-refractivity contribution is 7.92. The van der Waals surface area contributed by atoms with Crippen LogP contribution in [0.3, 0.4) is 0 Å². The van der Waals surface area contributed by atoms with Crippen molar-refractivity contribution in [1.82, 2.24) is 4.98 Å². The predicted octanol–water partition coefficient (Wildman–Crippen LogP) is 4.61. The molecule has 0 saturated heterocycles. The standard InChI is InChI=1S/C20H23N3O3S/c1-27(24,25)23-17-10-7-14(8-11-17)15-9-12-19-18(13-15)22-20(26-19)21-16-5-3-2-4-6-16/h7-13,16,23H,2-6H2,1H3,(H,21,22). The van der Waals surface area contributed by atoms with E-state index in [1.54, 1.807) is 12.1 Å². The molecule has 1 aromatic heterocycles. The van der Waals surface area contributed by atoms with Crippen LogP contribution >= 0.6 is 0 Å². The summed E-state index contributed by atoms with van der Waals surface area (Å²) in [5, 5.41) is 3.42. The van der Waals surface area contributed by atoms with E-state index in [0.29, 0.717) is 17.7 Å². The van der Waals surface area contributed by atoms with Crippen LogP contribution in [0, 0.1) is 0 Å². The molecular formula is C20H23N3O3S. The molecule has 4 rings (SSSR count). The van der Waals surface area contributed by atoms with E-state index in [2.05, 4.69) is 15.0 Å². The highest BCUT2D eigenvalue weighted by Gasteiger charge is 2.16. The highest BCUT2D eigenvalue weighted by Crippen LogP contribution is 2.28.